The zero-order valence-electron chi connectivity index (χ0n) is 15.6. The third-order valence-corrected chi connectivity index (χ3v) is 4.36. The van der Waals surface area contributed by atoms with Gasteiger partial charge in [0.2, 0.25) is 0 Å². The number of carbonyl (C=O) groups is 3. The van der Waals surface area contributed by atoms with Crippen molar-refractivity contribution >= 4 is 49.6 Å². The first-order chi connectivity index (χ1) is 13.6. The van der Waals surface area contributed by atoms with Crippen LogP contribution in [0.3, 0.4) is 0 Å². The van der Waals surface area contributed by atoms with Crippen molar-refractivity contribution in [1.82, 2.24) is 0 Å². The number of Topliss-reactive ketones (excluding diaryl/α,β-unsaturated/α-hetero) is 1. The number of hydrogen-bond donors (Lipinski definition) is 0. The number of benzene rings is 2. The van der Waals surface area contributed by atoms with E-state index >= 15 is 0 Å². The Morgan fingerprint density at radius 3 is 1.72 bits per heavy atom. The van der Waals surface area contributed by atoms with Gasteiger partial charge in [-0.15, -0.1) is 0 Å². The molecule has 5 nitrogen and oxygen atoms in total. The zero-order chi connectivity index (χ0) is 22.0. The number of rotatable bonds is 6. The molecule has 0 amide bonds. The van der Waals surface area contributed by atoms with Crippen molar-refractivity contribution in [2.45, 2.75) is 19.8 Å². The summed E-state index contributed by atoms with van der Waals surface area (Å²) in [6.45, 7) is 3.29. The summed E-state index contributed by atoms with van der Waals surface area (Å²) in [7, 11) is 0. The maximum Gasteiger partial charge on any atom is 0.381 e. The molecule has 2 aromatic carbocycles. The topological polar surface area (TPSA) is 69.7 Å². The number of ether oxygens (including phenoxy) is 2. The SMILES string of the molecule is CCOC(=O)C(=O)c1ccc(Br)cc1.CCOC(=O)C(F)(F)c1ccc(Br)cc1. The van der Waals surface area contributed by atoms with Gasteiger partial charge in [-0.3, -0.25) is 4.79 Å². The molecule has 2 rings (SSSR count). The van der Waals surface area contributed by atoms with Crippen molar-refractivity contribution < 1.29 is 32.6 Å². The molecule has 0 saturated carbocycles. The monoisotopic (exact) mass is 534 g/mol. The highest BCUT2D eigenvalue weighted by atomic mass is 79.9. The molecule has 2 aromatic rings. The lowest BCUT2D eigenvalue weighted by Gasteiger charge is -2.14. The summed E-state index contributed by atoms with van der Waals surface area (Å²) < 4.78 is 37.2. The van der Waals surface area contributed by atoms with Crippen LogP contribution in [0.15, 0.2) is 57.5 Å². The molecule has 0 fully saturated rings. The minimum Gasteiger partial charge on any atom is -0.461 e. The lowest BCUT2D eigenvalue weighted by atomic mass is 10.1. The highest BCUT2D eigenvalue weighted by Gasteiger charge is 2.42. The second-order valence-electron chi connectivity index (χ2n) is 5.36. The minimum atomic E-state index is -3.59. The van der Waals surface area contributed by atoms with Gasteiger partial charge in [-0.05, 0) is 50.2 Å². The van der Waals surface area contributed by atoms with Gasteiger partial charge in [0.1, 0.15) is 0 Å². The fourth-order valence-electron chi connectivity index (χ4n) is 1.91. The van der Waals surface area contributed by atoms with Crippen molar-refractivity contribution in [1.29, 1.82) is 0 Å². The molecule has 0 radical (unpaired) electrons. The summed E-state index contributed by atoms with van der Waals surface area (Å²) in [5.41, 5.74) is -0.0317. The Kier molecular flexibility index (Phi) is 10.1. The first kappa shape index (κ1) is 24.9. The third kappa shape index (κ3) is 7.66. The fourth-order valence-corrected chi connectivity index (χ4v) is 2.44. The van der Waals surface area contributed by atoms with Gasteiger partial charge in [0, 0.05) is 20.1 Å². The van der Waals surface area contributed by atoms with Crippen molar-refractivity contribution in [3.63, 3.8) is 0 Å². The summed E-state index contributed by atoms with van der Waals surface area (Å²) in [6.07, 6.45) is 0. The van der Waals surface area contributed by atoms with E-state index in [4.69, 9.17) is 0 Å². The van der Waals surface area contributed by atoms with Gasteiger partial charge in [0.05, 0.1) is 13.2 Å². The maximum absolute atomic E-state index is 13.4. The zero-order valence-corrected chi connectivity index (χ0v) is 18.8. The van der Waals surface area contributed by atoms with Crippen LogP contribution in [-0.4, -0.2) is 30.9 Å². The maximum atomic E-state index is 13.4. The Bertz CT molecular complexity index is 837. The van der Waals surface area contributed by atoms with E-state index in [1.165, 1.54) is 31.2 Å². The molecule has 0 aliphatic rings. The van der Waals surface area contributed by atoms with E-state index in [0.717, 1.165) is 4.47 Å². The number of halogens is 4. The molecule has 0 aliphatic heterocycles. The third-order valence-electron chi connectivity index (χ3n) is 3.31. The average Bonchev–Trinajstić information content (AvgIpc) is 2.69. The number of alkyl halides is 2. The van der Waals surface area contributed by atoms with E-state index in [2.05, 4.69) is 41.3 Å². The Morgan fingerprint density at radius 2 is 1.28 bits per heavy atom. The number of esters is 2. The molecular weight excluding hydrogens is 518 g/mol. The van der Waals surface area contributed by atoms with Crippen LogP contribution in [0.2, 0.25) is 0 Å². The summed E-state index contributed by atoms with van der Waals surface area (Å²) in [5.74, 6) is -6.53. The van der Waals surface area contributed by atoms with Gasteiger partial charge in [0.15, 0.2) is 0 Å². The van der Waals surface area contributed by atoms with Gasteiger partial charge in [-0.1, -0.05) is 44.0 Å². The van der Waals surface area contributed by atoms with Crippen LogP contribution < -0.4 is 0 Å². The Hall–Kier alpha value is -2.13. The quantitative estimate of drug-likeness (QED) is 0.285. The standard InChI is InChI=1S/C10H9BrF2O2.C10H9BrO3/c1-2-15-9(14)10(12,13)7-3-5-8(11)6-4-7;1-2-14-10(13)9(12)7-3-5-8(11)6-4-7/h3-6H,2H2,1H3;3-6H,2H2,1H3. The second kappa shape index (κ2) is 11.8. The van der Waals surface area contributed by atoms with Crippen molar-refractivity contribution in [3.8, 4) is 0 Å². The van der Waals surface area contributed by atoms with Crippen LogP contribution in [0.5, 0.6) is 0 Å². The van der Waals surface area contributed by atoms with Crippen LogP contribution >= 0.6 is 31.9 Å². The average molecular weight is 536 g/mol. The molecule has 0 unspecified atom stereocenters. The Balaban J connectivity index is 0.000000291. The normalized spacial score (nSPS) is 10.4. The second-order valence-corrected chi connectivity index (χ2v) is 7.19. The summed E-state index contributed by atoms with van der Waals surface area (Å²) in [4.78, 5) is 33.4. The van der Waals surface area contributed by atoms with Gasteiger partial charge in [-0.25, -0.2) is 9.59 Å². The van der Waals surface area contributed by atoms with E-state index in [-0.39, 0.29) is 18.8 Å². The highest BCUT2D eigenvalue weighted by Crippen LogP contribution is 2.30. The van der Waals surface area contributed by atoms with Crippen LogP contribution in [0, 0.1) is 0 Å². The van der Waals surface area contributed by atoms with Gasteiger partial charge in [0.25, 0.3) is 5.78 Å². The van der Waals surface area contributed by atoms with Crippen molar-refractivity contribution in [2.24, 2.45) is 0 Å². The molecule has 0 spiro atoms. The predicted molar refractivity (Wildman–Crippen MR) is 110 cm³/mol. The van der Waals surface area contributed by atoms with E-state index < -0.39 is 23.6 Å². The van der Waals surface area contributed by atoms with Crippen LogP contribution in [0.25, 0.3) is 0 Å². The van der Waals surface area contributed by atoms with Gasteiger partial charge >= 0.3 is 17.9 Å². The summed E-state index contributed by atoms with van der Waals surface area (Å²) >= 11 is 6.35. The number of carbonyl (C=O) groups excluding carboxylic acids is 3. The Morgan fingerprint density at radius 1 is 0.828 bits per heavy atom. The smallest absolute Gasteiger partial charge is 0.381 e. The first-order valence-electron chi connectivity index (χ1n) is 8.41. The minimum absolute atomic E-state index is 0.0645. The molecule has 0 atom stereocenters. The van der Waals surface area contributed by atoms with Crippen LogP contribution in [-0.2, 0) is 25.0 Å². The van der Waals surface area contributed by atoms with Crippen molar-refractivity contribution in [3.05, 3.63) is 68.6 Å². The molecular formula is C20H18Br2F2O5. The molecule has 156 valence electrons. The predicted octanol–water partition coefficient (Wildman–Crippen LogP) is 5.30. The summed E-state index contributed by atoms with van der Waals surface area (Å²) in [5, 5.41) is 0. The van der Waals surface area contributed by atoms with Crippen LogP contribution in [0.1, 0.15) is 29.8 Å². The lowest BCUT2D eigenvalue weighted by Crippen LogP contribution is -2.28. The molecule has 0 N–H and O–H groups in total. The molecule has 0 aromatic heterocycles. The van der Waals surface area contributed by atoms with Crippen molar-refractivity contribution in [2.75, 3.05) is 13.2 Å². The lowest BCUT2D eigenvalue weighted by molar-refractivity contribution is -0.173. The van der Waals surface area contributed by atoms with Gasteiger partial charge in [-0.2, -0.15) is 8.78 Å². The highest BCUT2D eigenvalue weighted by molar-refractivity contribution is 9.10. The fraction of sp³-hybridized carbons (Fsp3) is 0.250. The molecule has 29 heavy (non-hydrogen) atoms. The van der Waals surface area contributed by atoms with E-state index in [9.17, 15) is 23.2 Å². The first-order valence-corrected chi connectivity index (χ1v) is 10.00. The van der Waals surface area contributed by atoms with E-state index in [1.54, 1.807) is 31.2 Å². The molecule has 0 heterocycles. The number of ketones is 1. The summed E-state index contributed by atoms with van der Waals surface area (Å²) in [6, 6.07) is 11.8. The van der Waals surface area contributed by atoms with Gasteiger partial charge < -0.3 is 9.47 Å². The molecule has 0 aliphatic carbocycles. The van der Waals surface area contributed by atoms with Crippen LogP contribution in [0.4, 0.5) is 8.78 Å². The molecule has 0 bridgehead atoms. The van der Waals surface area contributed by atoms with E-state index in [0.29, 0.717) is 10.0 Å². The molecule has 0 saturated heterocycles. The number of hydrogen-bond acceptors (Lipinski definition) is 5. The Labute approximate surface area is 183 Å². The van der Waals surface area contributed by atoms with E-state index in [1.807, 2.05) is 0 Å². The molecule has 9 heteroatoms. The largest absolute Gasteiger partial charge is 0.461 e.